The van der Waals surface area contributed by atoms with Crippen LogP contribution in [0, 0.1) is 17.5 Å². The standard InChI is InChI=1S/C20H18F3NO4/c1-9(25)10-4-7-14-12(8-10)17(18(26)20(2,3)28-14)24-19(27)11-5-6-13(21)16(23)15(11)22/h4-8,17-18,26H,1-3H3,(H,24,27). The van der Waals surface area contributed by atoms with Crippen molar-refractivity contribution in [3.8, 4) is 5.75 Å². The van der Waals surface area contributed by atoms with Crippen molar-refractivity contribution in [1.29, 1.82) is 0 Å². The lowest BCUT2D eigenvalue weighted by atomic mass is 9.85. The van der Waals surface area contributed by atoms with Gasteiger partial charge < -0.3 is 15.2 Å². The Hall–Kier alpha value is -2.87. The van der Waals surface area contributed by atoms with E-state index >= 15 is 0 Å². The summed E-state index contributed by atoms with van der Waals surface area (Å²) in [5.74, 6) is -5.76. The number of halogens is 3. The third-order valence-corrected chi connectivity index (χ3v) is 4.72. The molecule has 2 atom stereocenters. The Morgan fingerprint density at radius 2 is 1.79 bits per heavy atom. The van der Waals surface area contributed by atoms with Crippen molar-refractivity contribution in [3.63, 3.8) is 0 Å². The number of ketones is 1. The van der Waals surface area contributed by atoms with Gasteiger partial charge in [-0.1, -0.05) is 0 Å². The van der Waals surface area contributed by atoms with Crippen LogP contribution >= 0.6 is 0 Å². The van der Waals surface area contributed by atoms with Crippen LogP contribution in [-0.2, 0) is 0 Å². The second-order valence-electron chi connectivity index (χ2n) is 7.13. The lowest BCUT2D eigenvalue weighted by molar-refractivity contribution is -0.0628. The second-order valence-corrected chi connectivity index (χ2v) is 7.13. The summed E-state index contributed by atoms with van der Waals surface area (Å²) in [5, 5.41) is 13.1. The Labute approximate surface area is 159 Å². The number of fused-ring (bicyclic) bond motifs is 1. The minimum absolute atomic E-state index is 0.237. The van der Waals surface area contributed by atoms with E-state index in [9.17, 15) is 27.9 Å². The van der Waals surface area contributed by atoms with Crippen LogP contribution in [0.2, 0.25) is 0 Å². The van der Waals surface area contributed by atoms with Crippen LogP contribution < -0.4 is 10.1 Å². The van der Waals surface area contributed by atoms with Crippen molar-refractivity contribution in [1.82, 2.24) is 5.32 Å². The average molecular weight is 393 g/mol. The van der Waals surface area contributed by atoms with Gasteiger partial charge in [-0.25, -0.2) is 13.2 Å². The van der Waals surface area contributed by atoms with Crippen LogP contribution in [0.4, 0.5) is 13.2 Å². The Kier molecular flexibility index (Phi) is 4.93. The third-order valence-electron chi connectivity index (χ3n) is 4.72. The molecule has 8 heteroatoms. The SMILES string of the molecule is CC(=O)c1ccc2c(c1)C(NC(=O)c1ccc(F)c(F)c1F)C(O)C(C)(C)O2. The Morgan fingerprint density at radius 3 is 2.43 bits per heavy atom. The Balaban J connectivity index is 2.03. The Bertz CT molecular complexity index is 974. The highest BCUT2D eigenvalue weighted by molar-refractivity contribution is 5.96. The Morgan fingerprint density at radius 1 is 1.11 bits per heavy atom. The first-order chi connectivity index (χ1) is 13.0. The molecule has 1 heterocycles. The molecule has 1 aliphatic rings. The van der Waals surface area contributed by atoms with Gasteiger partial charge in [0.05, 0.1) is 11.6 Å². The molecule has 3 rings (SSSR count). The number of amides is 1. The first-order valence-electron chi connectivity index (χ1n) is 8.49. The van der Waals surface area contributed by atoms with Crippen LogP contribution in [0.3, 0.4) is 0 Å². The molecule has 0 spiro atoms. The molecule has 0 bridgehead atoms. The van der Waals surface area contributed by atoms with Gasteiger partial charge in [0.15, 0.2) is 23.2 Å². The minimum Gasteiger partial charge on any atom is -0.485 e. The largest absolute Gasteiger partial charge is 0.485 e. The van der Waals surface area contributed by atoms with E-state index in [2.05, 4.69) is 5.32 Å². The topological polar surface area (TPSA) is 75.6 Å². The van der Waals surface area contributed by atoms with E-state index < -0.39 is 46.7 Å². The first kappa shape index (κ1) is 19.9. The van der Waals surface area contributed by atoms with Crippen molar-refractivity contribution in [2.45, 2.75) is 38.5 Å². The number of rotatable bonds is 3. The summed E-state index contributed by atoms with van der Waals surface area (Å²) in [4.78, 5) is 24.2. The van der Waals surface area contributed by atoms with E-state index in [1.165, 1.54) is 19.1 Å². The number of benzene rings is 2. The van der Waals surface area contributed by atoms with Gasteiger partial charge in [0.25, 0.3) is 5.91 Å². The van der Waals surface area contributed by atoms with Gasteiger partial charge in [-0.05, 0) is 51.1 Å². The van der Waals surface area contributed by atoms with Gasteiger partial charge in [-0.2, -0.15) is 0 Å². The monoisotopic (exact) mass is 393 g/mol. The zero-order valence-electron chi connectivity index (χ0n) is 15.3. The fourth-order valence-electron chi connectivity index (χ4n) is 3.10. The highest BCUT2D eigenvalue weighted by Crippen LogP contribution is 2.40. The number of carbonyl (C=O) groups is 2. The summed E-state index contributed by atoms with van der Waals surface area (Å²) in [6.45, 7) is 4.55. The molecule has 2 N–H and O–H groups in total. The van der Waals surface area contributed by atoms with Crippen molar-refractivity contribution < 1.29 is 32.6 Å². The quantitative estimate of drug-likeness (QED) is 0.620. The molecule has 0 saturated carbocycles. The van der Waals surface area contributed by atoms with Gasteiger partial charge in [0.2, 0.25) is 0 Å². The lowest BCUT2D eigenvalue weighted by Gasteiger charge is -2.42. The van der Waals surface area contributed by atoms with Crippen LogP contribution in [0.25, 0.3) is 0 Å². The van der Waals surface area contributed by atoms with E-state index in [0.717, 1.165) is 6.07 Å². The van der Waals surface area contributed by atoms with E-state index in [1.54, 1.807) is 19.9 Å². The molecule has 0 aliphatic carbocycles. The van der Waals surface area contributed by atoms with Gasteiger partial charge >= 0.3 is 0 Å². The second kappa shape index (κ2) is 6.94. The van der Waals surface area contributed by atoms with Gasteiger partial charge in [-0.15, -0.1) is 0 Å². The molecule has 2 aromatic rings. The van der Waals surface area contributed by atoms with Crippen molar-refractivity contribution in [3.05, 3.63) is 64.5 Å². The highest BCUT2D eigenvalue weighted by Gasteiger charge is 2.44. The number of aliphatic hydroxyl groups excluding tert-OH is 1. The molecule has 148 valence electrons. The average Bonchev–Trinajstić information content (AvgIpc) is 2.62. The number of Topliss-reactive ketones (excluding diaryl/α,β-unsaturated/α-hetero) is 1. The van der Waals surface area contributed by atoms with Crippen molar-refractivity contribution >= 4 is 11.7 Å². The smallest absolute Gasteiger partial charge is 0.254 e. The summed E-state index contributed by atoms with van der Waals surface area (Å²) in [6, 6.07) is 4.92. The van der Waals surface area contributed by atoms with E-state index in [4.69, 9.17) is 4.74 Å². The van der Waals surface area contributed by atoms with Crippen LogP contribution in [-0.4, -0.2) is 28.5 Å². The fourth-order valence-corrected chi connectivity index (χ4v) is 3.10. The van der Waals surface area contributed by atoms with Gasteiger partial charge in [0, 0.05) is 11.1 Å². The van der Waals surface area contributed by atoms with Crippen molar-refractivity contribution in [2.24, 2.45) is 0 Å². The van der Waals surface area contributed by atoms with Crippen LogP contribution in [0.15, 0.2) is 30.3 Å². The molecule has 1 aliphatic heterocycles. The number of hydrogen-bond donors (Lipinski definition) is 2. The summed E-state index contributed by atoms with van der Waals surface area (Å²) in [6.07, 6.45) is -1.26. The molecule has 0 aromatic heterocycles. The zero-order valence-corrected chi connectivity index (χ0v) is 15.3. The van der Waals surface area contributed by atoms with Gasteiger partial charge in [-0.3, -0.25) is 9.59 Å². The third kappa shape index (κ3) is 3.35. The molecule has 0 fully saturated rings. The van der Waals surface area contributed by atoms with Crippen molar-refractivity contribution in [2.75, 3.05) is 0 Å². The van der Waals surface area contributed by atoms with Gasteiger partial charge in [0.1, 0.15) is 17.5 Å². The maximum Gasteiger partial charge on any atom is 0.254 e. The number of aliphatic hydroxyl groups is 1. The summed E-state index contributed by atoms with van der Waals surface area (Å²) >= 11 is 0. The number of hydrogen-bond acceptors (Lipinski definition) is 4. The normalized spacial score (nSPS) is 20.1. The van der Waals surface area contributed by atoms with E-state index in [-0.39, 0.29) is 5.78 Å². The number of nitrogens with one attached hydrogen (secondary N) is 1. The predicted octanol–water partition coefficient (Wildman–Crippen LogP) is 3.31. The molecule has 2 aromatic carbocycles. The number of carbonyl (C=O) groups excluding carboxylic acids is 2. The molecule has 28 heavy (non-hydrogen) atoms. The summed E-state index contributed by atoms with van der Waals surface area (Å²) in [5.41, 5.74) is -1.18. The summed E-state index contributed by atoms with van der Waals surface area (Å²) < 4.78 is 46.3. The molecular weight excluding hydrogens is 375 g/mol. The first-order valence-corrected chi connectivity index (χ1v) is 8.49. The molecule has 1 amide bonds. The number of ether oxygens (including phenoxy) is 1. The highest BCUT2D eigenvalue weighted by atomic mass is 19.2. The predicted molar refractivity (Wildman–Crippen MR) is 93.7 cm³/mol. The lowest BCUT2D eigenvalue weighted by Crippen LogP contribution is -2.53. The fraction of sp³-hybridized carbons (Fsp3) is 0.300. The van der Waals surface area contributed by atoms with E-state index in [1.807, 2.05) is 0 Å². The molecule has 5 nitrogen and oxygen atoms in total. The van der Waals surface area contributed by atoms with E-state index in [0.29, 0.717) is 22.9 Å². The molecular formula is C20H18F3NO4. The van der Waals surface area contributed by atoms with Crippen LogP contribution in [0.1, 0.15) is 53.1 Å². The maximum absolute atomic E-state index is 14.0. The molecule has 2 unspecified atom stereocenters. The minimum atomic E-state index is -1.76. The summed E-state index contributed by atoms with van der Waals surface area (Å²) in [7, 11) is 0. The van der Waals surface area contributed by atoms with Crippen LogP contribution in [0.5, 0.6) is 5.75 Å². The molecule has 0 radical (unpaired) electrons. The zero-order chi connectivity index (χ0) is 20.8. The maximum atomic E-state index is 14.0. The molecule has 0 saturated heterocycles.